The van der Waals surface area contributed by atoms with Crippen molar-refractivity contribution in [2.75, 3.05) is 0 Å². The van der Waals surface area contributed by atoms with E-state index in [1.54, 1.807) is 24.3 Å². The zero-order valence-electron chi connectivity index (χ0n) is 16.8. The molecule has 4 aromatic rings. The minimum atomic E-state index is -0.456. The van der Waals surface area contributed by atoms with Gasteiger partial charge in [-0.1, -0.05) is 97.1 Å². The first-order valence-corrected chi connectivity index (χ1v) is 9.90. The molecule has 0 radical (unpaired) electrons. The molecule has 31 heavy (non-hydrogen) atoms. The molecule has 0 atom stereocenters. The van der Waals surface area contributed by atoms with Crippen molar-refractivity contribution in [2.45, 2.75) is 0 Å². The van der Waals surface area contributed by atoms with E-state index < -0.39 is 5.97 Å². The van der Waals surface area contributed by atoms with Crippen LogP contribution in [0.1, 0.15) is 21.5 Å². The molecule has 0 aliphatic heterocycles. The zero-order chi connectivity index (χ0) is 21.3. The van der Waals surface area contributed by atoms with E-state index in [1.807, 2.05) is 97.1 Å². The highest BCUT2D eigenvalue weighted by atomic mass is 16.5. The summed E-state index contributed by atoms with van der Waals surface area (Å²) in [4.78, 5) is 12.9. The van der Waals surface area contributed by atoms with Crippen LogP contribution in [-0.4, -0.2) is 5.97 Å². The van der Waals surface area contributed by atoms with Crippen molar-refractivity contribution < 1.29 is 9.53 Å². The second-order valence-corrected chi connectivity index (χ2v) is 6.70. The predicted molar refractivity (Wildman–Crippen MR) is 123 cm³/mol. The minimum Gasteiger partial charge on any atom is -0.420 e. The lowest BCUT2D eigenvalue weighted by Crippen LogP contribution is -2.06. The summed E-state index contributed by atoms with van der Waals surface area (Å²) in [7, 11) is 0. The number of carbonyl (C=O) groups is 1. The molecule has 0 amide bonds. The molecule has 0 heterocycles. The number of carbonyl (C=O) groups excluding carboxylic acids is 1. The van der Waals surface area contributed by atoms with E-state index >= 15 is 0 Å². The quantitative estimate of drug-likeness (QED) is 0.148. The number of nitrogens with zero attached hydrogens (tertiary/aromatic N) is 2. The molecular weight excluding hydrogens is 384 g/mol. The average Bonchev–Trinajstić information content (AvgIpc) is 2.86. The molecule has 0 aliphatic rings. The van der Waals surface area contributed by atoms with Crippen LogP contribution in [0, 0.1) is 0 Å². The van der Waals surface area contributed by atoms with Gasteiger partial charge in [0, 0.05) is 11.1 Å². The molecule has 0 spiro atoms. The standard InChI is InChI=1S/C27H20N2O2/c30-27(23-17-9-3-10-18-23)31-26(22-15-7-2-8-16-22)25(21-13-5-1-6-14-21)29-28-24-19-11-4-12-20-24/h1-20H/b26-25-,29-28?. The third-order valence-electron chi connectivity index (χ3n) is 4.52. The van der Waals surface area contributed by atoms with Gasteiger partial charge in [-0.15, -0.1) is 5.11 Å². The highest BCUT2D eigenvalue weighted by Crippen LogP contribution is 2.31. The summed E-state index contributed by atoms with van der Waals surface area (Å²) in [5.41, 5.74) is 3.17. The van der Waals surface area contributed by atoms with Gasteiger partial charge >= 0.3 is 5.97 Å². The highest BCUT2D eigenvalue weighted by molar-refractivity contribution is 5.97. The molecule has 150 valence electrons. The monoisotopic (exact) mass is 404 g/mol. The van der Waals surface area contributed by atoms with E-state index in [2.05, 4.69) is 10.2 Å². The number of hydrogen-bond donors (Lipinski definition) is 0. The Kier molecular flexibility index (Phi) is 6.41. The molecule has 4 rings (SSSR count). The number of hydrogen-bond acceptors (Lipinski definition) is 4. The smallest absolute Gasteiger partial charge is 0.343 e. The molecule has 0 saturated carbocycles. The molecule has 0 fully saturated rings. The van der Waals surface area contributed by atoms with E-state index in [0.717, 1.165) is 11.1 Å². The van der Waals surface area contributed by atoms with Crippen molar-refractivity contribution >= 4 is 23.1 Å². The highest BCUT2D eigenvalue weighted by Gasteiger charge is 2.18. The SMILES string of the molecule is O=C(O/C(=C(\N=Nc1ccccc1)c1ccccc1)c1ccccc1)c1ccccc1. The summed E-state index contributed by atoms with van der Waals surface area (Å²) in [5, 5.41) is 8.90. The first-order chi connectivity index (χ1) is 15.3. The maximum Gasteiger partial charge on any atom is 0.343 e. The summed E-state index contributed by atoms with van der Waals surface area (Å²) < 4.78 is 5.91. The molecule has 4 aromatic carbocycles. The summed E-state index contributed by atoms with van der Waals surface area (Å²) in [6, 6.07) is 37.4. The van der Waals surface area contributed by atoms with E-state index in [4.69, 9.17) is 4.74 Å². The molecule has 0 saturated heterocycles. The van der Waals surface area contributed by atoms with Crippen LogP contribution in [0.4, 0.5) is 5.69 Å². The van der Waals surface area contributed by atoms with Crippen LogP contribution in [0.2, 0.25) is 0 Å². The molecule has 0 unspecified atom stereocenters. The molecule has 4 nitrogen and oxygen atoms in total. The molecule has 0 bridgehead atoms. The van der Waals surface area contributed by atoms with Gasteiger partial charge < -0.3 is 4.74 Å². The third-order valence-corrected chi connectivity index (χ3v) is 4.52. The van der Waals surface area contributed by atoms with Crippen molar-refractivity contribution in [1.82, 2.24) is 0 Å². The van der Waals surface area contributed by atoms with Crippen LogP contribution >= 0.6 is 0 Å². The lowest BCUT2D eigenvalue weighted by molar-refractivity contribution is 0.0692. The third kappa shape index (κ3) is 5.19. The maximum atomic E-state index is 12.9. The van der Waals surface area contributed by atoms with E-state index in [9.17, 15) is 4.79 Å². The Bertz CT molecular complexity index is 1190. The Labute approximate surface area is 181 Å². The maximum absolute atomic E-state index is 12.9. The van der Waals surface area contributed by atoms with E-state index in [1.165, 1.54) is 0 Å². The number of esters is 1. The van der Waals surface area contributed by atoms with Gasteiger partial charge in [-0.2, -0.15) is 5.11 Å². The van der Waals surface area contributed by atoms with Crippen molar-refractivity contribution in [3.05, 3.63) is 138 Å². The van der Waals surface area contributed by atoms with Gasteiger partial charge in [0.05, 0.1) is 11.3 Å². The Balaban J connectivity index is 1.85. The van der Waals surface area contributed by atoms with Gasteiger partial charge in [0.25, 0.3) is 0 Å². The number of ether oxygens (including phenoxy) is 1. The fourth-order valence-electron chi connectivity index (χ4n) is 2.99. The van der Waals surface area contributed by atoms with Crippen LogP contribution in [0.15, 0.2) is 132 Å². The Morgan fingerprint density at radius 3 is 1.55 bits per heavy atom. The van der Waals surface area contributed by atoms with Crippen molar-refractivity contribution in [3.63, 3.8) is 0 Å². The molecule has 0 aromatic heterocycles. The van der Waals surface area contributed by atoms with Crippen LogP contribution in [-0.2, 0) is 4.74 Å². The van der Waals surface area contributed by atoms with Gasteiger partial charge in [-0.25, -0.2) is 4.79 Å². The van der Waals surface area contributed by atoms with E-state index in [0.29, 0.717) is 22.7 Å². The first-order valence-electron chi connectivity index (χ1n) is 9.90. The Hall–Kier alpha value is -4.31. The zero-order valence-corrected chi connectivity index (χ0v) is 16.8. The topological polar surface area (TPSA) is 51.0 Å². The normalized spacial score (nSPS) is 11.7. The first kappa shape index (κ1) is 20.0. The number of benzene rings is 4. The van der Waals surface area contributed by atoms with Crippen molar-refractivity contribution in [1.29, 1.82) is 0 Å². The van der Waals surface area contributed by atoms with Crippen LogP contribution in [0.25, 0.3) is 11.5 Å². The van der Waals surface area contributed by atoms with Gasteiger partial charge in [0.15, 0.2) is 5.76 Å². The summed E-state index contributed by atoms with van der Waals surface area (Å²) in [6.45, 7) is 0. The minimum absolute atomic E-state index is 0.348. The van der Waals surface area contributed by atoms with Gasteiger partial charge in [0.2, 0.25) is 0 Å². The molecule has 0 N–H and O–H groups in total. The predicted octanol–water partition coefficient (Wildman–Crippen LogP) is 7.15. The van der Waals surface area contributed by atoms with Crippen LogP contribution < -0.4 is 0 Å². The van der Waals surface area contributed by atoms with Gasteiger partial charge in [-0.05, 0) is 24.3 Å². The second kappa shape index (κ2) is 9.94. The Morgan fingerprint density at radius 1 is 0.548 bits per heavy atom. The van der Waals surface area contributed by atoms with Crippen molar-refractivity contribution in [3.8, 4) is 0 Å². The van der Waals surface area contributed by atoms with Crippen molar-refractivity contribution in [2.24, 2.45) is 10.2 Å². The fraction of sp³-hybridized carbons (Fsp3) is 0. The fourth-order valence-corrected chi connectivity index (χ4v) is 2.99. The van der Waals surface area contributed by atoms with Crippen LogP contribution in [0.3, 0.4) is 0 Å². The molecule has 0 aliphatic carbocycles. The summed E-state index contributed by atoms with van der Waals surface area (Å²) in [5.74, 6) is -0.108. The van der Waals surface area contributed by atoms with Gasteiger partial charge in [-0.3, -0.25) is 0 Å². The average molecular weight is 404 g/mol. The second-order valence-electron chi connectivity index (χ2n) is 6.70. The molecular formula is C27H20N2O2. The Morgan fingerprint density at radius 2 is 1.00 bits per heavy atom. The lowest BCUT2D eigenvalue weighted by Gasteiger charge is -2.13. The summed E-state index contributed by atoms with van der Waals surface area (Å²) >= 11 is 0. The van der Waals surface area contributed by atoms with E-state index in [-0.39, 0.29) is 0 Å². The van der Waals surface area contributed by atoms with Gasteiger partial charge in [0.1, 0.15) is 5.70 Å². The van der Waals surface area contributed by atoms with Crippen LogP contribution in [0.5, 0.6) is 0 Å². The lowest BCUT2D eigenvalue weighted by atomic mass is 10.1. The largest absolute Gasteiger partial charge is 0.420 e. The molecule has 4 heteroatoms. The number of azo groups is 1. The summed E-state index contributed by atoms with van der Waals surface area (Å²) in [6.07, 6.45) is 0. The number of rotatable bonds is 6.